The summed E-state index contributed by atoms with van der Waals surface area (Å²) in [4.78, 5) is 10.9. The summed E-state index contributed by atoms with van der Waals surface area (Å²) in [6.45, 7) is 0. The maximum Gasteiger partial charge on any atom is 0.340 e. The van der Waals surface area contributed by atoms with Gasteiger partial charge in [-0.05, 0) is 23.8 Å². The molecule has 0 unspecified atom stereocenters. The maximum absolute atomic E-state index is 12.1. The van der Waals surface area contributed by atoms with Gasteiger partial charge >= 0.3 is 5.97 Å². The lowest BCUT2D eigenvalue weighted by Crippen LogP contribution is -2.10. The van der Waals surface area contributed by atoms with Gasteiger partial charge in [-0.1, -0.05) is 35.3 Å². The van der Waals surface area contributed by atoms with Crippen molar-refractivity contribution in [2.75, 3.05) is 5.75 Å². The Labute approximate surface area is 136 Å². The van der Waals surface area contributed by atoms with E-state index < -0.39 is 32.1 Å². The van der Waals surface area contributed by atoms with Crippen LogP contribution in [0.15, 0.2) is 41.6 Å². The van der Waals surface area contributed by atoms with Crippen LogP contribution < -0.4 is 0 Å². The number of rotatable bonds is 5. The predicted molar refractivity (Wildman–Crippen MR) is 82.9 cm³/mol. The third-order valence-corrected chi connectivity index (χ3v) is 4.83. The zero-order chi connectivity index (χ0) is 16.3. The molecule has 0 amide bonds. The number of hydrogen-bond donors (Lipinski definition) is 2. The summed E-state index contributed by atoms with van der Waals surface area (Å²) in [6.07, 6.45) is 2.28. The topological polar surface area (TPSA) is 100 Å². The van der Waals surface area contributed by atoms with Crippen LogP contribution in [-0.4, -0.2) is 35.4 Å². The van der Waals surface area contributed by atoms with Crippen LogP contribution in [-0.2, 0) is 9.84 Å². The van der Waals surface area contributed by atoms with Crippen molar-refractivity contribution in [3.8, 4) is 0 Å². The van der Waals surface area contributed by atoms with Crippen LogP contribution in [0.3, 0.4) is 0 Å². The van der Waals surface area contributed by atoms with E-state index in [4.69, 9.17) is 28.3 Å². The lowest BCUT2D eigenvalue weighted by molar-refractivity contribution is 0.0692. The lowest BCUT2D eigenvalue weighted by Gasteiger charge is -2.02. The van der Waals surface area contributed by atoms with E-state index in [1.165, 1.54) is 6.08 Å². The third kappa shape index (κ3) is 3.68. The van der Waals surface area contributed by atoms with Gasteiger partial charge in [-0.25, -0.2) is 13.2 Å². The van der Waals surface area contributed by atoms with Crippen molar-refractivity contribution in [3.63, 3.8) is 0 Å². The Morgan fingerprint density at radius 2 is 2.14 bits per heavy atom. The minimum absolute atomic E-state index is 0.193. The Morgan fingerprint density at radius 1 is 1.41 bits per heavy atom. The first-order chi connectivity index (χ1) is 10.3. The molecule has 9 heteroatoms. The molecule has 0 aliphatic heterocycles. The highest BCUT2D eigenvalue weighted by Gasteiger charge is 2.24. The molecule has 0 radical (unpaired) electrons. The van der Waals surface area contributed by atoms with Crippen LogP contribution >= 0.6 is 23.2 Å². The summed E-state index contributed by atoms with van der Waals surface area (Å²) in [7, 11) is -3.92. The highest BCUT2D eigenvalue weighted by molar-refractivity contribution is 7.91. The molecule has 0 fully saturated rings. The van der Waals surface area contributed by atoms with Crippen LogP contribution in [0.1, 0.15) is 15.9 Å². The molecular formula is C13H10Cl2N2O4S. The molecule has 2 aromatic rings. The van der Waals surface area contributed by atoms with E-state index in [1.807, 2.05) is 0 Å². The van der Waals surface area contributed by atoms with Gasteiger partial charge in [0.1, 0.15) is 5.56 Å². The highest BCUT2D eigenvalue weighted by Crippen LogP contribution is 2.23. The smallest absolute Gasteiger partial charge is 0.340 e. The normalized spacial score (nSPS) is 12.4. The molecule has 2 N–H and O–H groups in total. The number of benzene rings is 1. The van der Waals surface area contributed by atoms with Crippen LogP contribution in [0.2, 0.25) is 5.02 Å². The number of nitrogens with one attached hydrogen (secondary N) is 1. The fraction of sp³-hybridized carbons (Fsp3) is 0.0769. The second-order valence-electron chi connectivity index (χ2n) is 4.25. The maximum atomic E-state index is 12.1. The van der Waals surface area contributed by atoms with Crippen LogP contribution in [0, 0.1) is 0 Å². The highest BCUT2D eigenvalue weighted by atomic mass is 35.5. The van der Waals surface area contributed by atoms with Gasteiger partial charge in [0.15, 0.2) is 5.03 Å². The number of halogens is 2. The number of carbonyl (C=O) groups is 1. The van der Waals surface area contributed by atoms with Crippen molar-refractivity contribution in [1.29, 1.82) is 0 Å². The van der Waals surface area contributed by atoms with Gasteiger partial charge in [0.2, 0.25) is 9.84 Å². The van der Waals surface area contributed by atoms with Crippen molar-refractivity contribution in [3.05, 3.63) is 52.7 Å². The third-order valence-electron chi connectivity index (χ3n) is 2.71. The molecule has 0 saturated carbocycles. The standard InChI is InChI=1S/C13H10Cl2N2O4S/c14-9-3-1-2-8(6-9)11(15)4-5-22(20,21)12-10(13(18)19)7-16-17-12/h1-4,6-7H,5H2,(H,16,17)(H,18,19). The number of carboxylic acid groups (broad SMARTS) is 1. The minimum atomic E-state index is -3.92. The molecule has 0 saturated heterocycles. The molecule has 1 aromatic carbocycles. The van der Waals surface area contributed by atoms with Gasteiger partial charge in [0.25, 0.3) is 0 Å². The van der Waals surface area contributed by atoms with E-state index in [2.05, 4.69) is 10.2 Å². The quantitative estimate of drug-likeness (QED) is 0.853. The van der Waals surface area contributed by atoms with Crippen LogP contribution in [0.25, 0.3) is 5.03 Å². The molecule has 2 rings (SSSR count). The van der Waals surface area contributed by atoms with E-state index in [0.29, 0.717) is 10.6 Å². The number of H-pyrrole nitrogens is 1. The molecular weight excluding hydrogens is 351 g/mol. The second kappa shape index (κ2) is 6.51. The molecule has 116 valence electrons. The summed E-state index contributed by atoms with van der Waals surface area (Å²) >= 11 is 11.9. The van der Waals surface area contributed by atoms with Gasteiger partial charge in [-0.3, -0.25) is 5.10 Å². The minimum Gasteiger partial charge on any atom is -0.478 e. The molecule has 22 heavy (non-hydrogen) atoms. The number of aromatic amines is 1. The number of nitrogens with zero attached hydrogens (tertiary/aromatic N) is 1. The molecule has 1 aromatic heterocycles. The number of aromatic nitrogens is 2. The summed E-state index contributed by atoms with van der Waals surface area (Å²) in [5.74, 6) is -1.86. The van der Waals surface area contributed by atoms with Gasteiger partial charge in [-0.2, -0.15) is 5.10 Å². The first-order valence-corrected chi connectivity index (χ1v) is 8.33. The molecule has 0 aliphatic carbocycles. The van der Waals surface area contributed by atoms with E-state index in [9.17, 15) is 13.2 Å². The number of sulfone groups is 1. The second-order valence-corrected chi connectivity index (χ2v) is 7.05. The fourth-order valence-corrected chi connectivity index (χ4v) is 3.38. The molecule has 6 nitrogen and oxygen atoms in total. The summed E-state index contributed by atoms with van der Waals surface area (Å²) in [5, 5.41) is 14.8. The van der Waals surface area contributed by atoms with Crippen molar-refractivity contribution < 1.29 is 18.3 Å². The monoisotopic (exact) mass is 360 g/mol. The Hall–Kier alpha value is -1.83. The van der Waals surface area contributed by atoms with E-state index >= 15 is 0 Å². The van der Waals surface area contributed by atoms with Crippen molar-refractivity contribution in [2.24, 2.45) is 0 Å². The summed E-state index contributed by atoms with van der Waals surface area (Å²) < 4.78 is 24.3. The largest absolute Gasteiger partial charge is 0.478 e. The molecule has 0 atom stereocenters. The van der Waals surface area contributed by atoms with Crippen LogP contribution in [0.4, 0.5) is 0 Å². The summed E-state index contributed by atoms with van der Waals surface area (Å²) in [5.41, 5.74) is 0.150. The Morgan fingerprint density at radius 3 is 2.77 bits per heavy atom. The molecule has 0 spiro atoms. The number of hydrogen-bond acceptors (Lipinski definition) is 4. The number of aromatic carboxylic acids is 1. The van der Waals surface area contributed by atoms with Crippen molar-refractivity contribution in [2.45, 2.75) is 5.03 Å². The SMILES string of the molecule is O=C(O)c1c[nH]nc1S(=O)(=O)CC=C(Cl)c1cccc(Cl)c1. The van der Waals surface area contributed by atoms with Gasteiger partial charge in [-0.15, -0.1) is 0 Å². The van der Waals surface area contributed by atoms with E-state index in [0.717, 1.165) is 6.20 Å². The molecule has 0 bridgehead atoms. The van der Waals surface area contributed by atoms with Crippen LogP contribution in [0.5, 0.6) is 0 Å². The molecule has 0 aliphatic rings. The van der Waals surface area contributed by atoms with Gasteiger partial charge in [0.05, 0.1) is 5.75 Å². The van der Waals surface area contributed by atoms with Crippen molar-refractivity contribution in [1.82, 2.24) is 10.2 Å². The zero-order valence-electron chi connectivity index (χ0n) is 11.0. The van der Waals surface area contributed by atoms with E-state index in [1.54, 1.807) is 24.3 Å². The average Bonchev–Trinajstić information content (AvgIpc) is 2.95. The van der Waals surface area contributed by atoms with Gasteiger partial charge in [0, 0.05) is 16.3 Å². The lowest BCUT2D eigenvalue weighted by atomic mass is 10.2. The zero-order valence-corrected chi connectivity index (χ0v) is 13.3. The molecule has 1 heterocycles. The Kier molecular flexibility index (Phi) is 4.90. The first kappa shape index (κ1) is 16.5. The van der Waals surface area contributed by atoms with Crippen molar-refractivity contribution >= 4 is 44.0 Å². The first-order valence-electron chi connectivity index (χ1n) is 5.92. The van der Waals surface area contributed by atoms with Gasteiger partial charge < -0.3 is 5.11 Å². The fourth-order valence-electron chi connectivity index (χ4n) is 1.68. The summed E-state index contributed by atoms with van der Waals surface area (Å²) in [6, 6.07) is 6.60. The Balaban J connectivity index is 2.27. The van der Waals surface area contributed by atoms with E-state index in [-0.39, 0.29) is 5.03 Å². The average molecular weight is 361 g/mol. The number of carboxylic acids is 1. The Bertz CT molecular complexity index is 843. The predicted octanol–water partition coefficient (Wildman–Crippen LogP) is 2.81.